The molecular formula is C10H8N2O3S. The fourth-order valence-corrected chi connectivity index (χ4v) is 2.40. The zero-order valence-corrected chi connectivity index (χ0v) is 8.92. The fraction of sp³-hybridized carbons (Fsp3) is 0.100. The molecule has 82 valence electrons. The fourth-order valence-electron chi connectivity index (χ4n) is 1.66. The highest BCUT2D eigenvalue weighted by atomic mass is 32.2. The van der Waals surface area contributed by atoms with Crippen LogP contribution in [0.3, 0.4) is 0 Å². The van der Waals surface area contributed by atoms with E-state index < -0.39 is 15.4 Å². The highest BCUT2D eigenvalue weighted by molar-refractivity contribution is 7.87. The molecule has 1 aliphatic carbocycles. The van der Waals surface area contributed by atoms with E-state index in [-0.39, 0.29) is 5.71 Å². The number of benzene rings is 1. The summed E-state index contributed by atoms with van der Waals surface area (Å²) in [4.78, 5) is 2.96. The number of nitrogens with zero attached hydrogens (tertiary/aromatic N) is 2. The summed E-state index contributed by atoms with van der Waals surface area (Å²) in [6, 6.07) is 6.87. The van der Waals surface area contributed by atoms with E-state index in [0.717, 1.165) is 5.56 Å². The summed E-state index contributed by atoms with van der Waals surface area (Å²) >= 11 is 0. The Morgan fingerprint density at radius 1 is 1.31 bits per heavy atom. The van der Waals surface area contributed by atoms with Crippen molar-refractivity contribution in [2.45, 2.75) is 5.25 Å². The van der Waals surface area contributed by atoms with Crippen molar-refractivity contribution in [3.8, 4) is 0 Å². The van der Waals surface area contributed by atoms with Crippen molar-refractivity contribution >= 4 is 21.9 Å². The molecule has 6 heteroatoms. The van der Waals surface area contributed by atoms with Crippen molar-refractivity contribution in [1.82, 2.24) is 0 Å². The number of fused-ring (bicyclic) bond motifs is 1. The lowest BCUT2D eigenvalue weighted by Gasteiger charge is -2.12. The molecule has 0 saturated carbocycles. The Hall–Kier alpha value is -1.75. The van der Waals surface area contributed by atoms with Crippen molar-refractivity contribution in [2.24, 2.45) is 0 Å². The third-order valence-corrected chi connectivity index (χ3v) is 3.41. The van der Waals surface area contributed by atoms with Gasteiger partial charge in [-0.1, -0.05) is 30.4 Å². The number of hydrogen-bond donors (Lipinski definition) is 1. The van der Waals surface area contributed by atoms with Crippen LogP contribution in [0.5, 0.6) is 0 Å². The van der Waals surface area contributed by atoms with Crippen molar-refractivity contribution in [2.75, 3.05) is 0 Å². The van der Waals surface area contributed by atoms with Gasteiger partial charge in [-0.15, -0.1) is 0 Å². The van der Waals surface area contributed by atoms with E-state index in [4.69, 9.17) is 10.1 Å². The predicted molar refractivity (Wildman–Crippen MR) is 58.5 cm³/mol. The van der Waals surface area contributed by atoms with E-state index in [1.807, 2.05) is 0 Å². The summed E-state index contributed by atoms with van der Waals surface area (Å²) in [6.07, 6.45) is 2.86. The Morgan fingerprint density at radius 2 is 2.00 bits per heavy atom. The molecule has 1 unspecified atom stereocenters. The molecular weight excluding hydrogens is 228 g/mol. The van der Waals surface area contributed by atoms with Crippen LogP contribution in [-0.2, 0) is 10.1 Å². The second-order valence-corrected chi connectivity index (χ2v) is 4.90. The predicted octanol–water partition coefficient (Wildman–Crippen LogP) is 0.989. The Balaban J connectivity index is 2.67. The van der Waals surface area contributed by atoms with Gasteiger partial charge in [0.1, 0.15) is 0 Å². The molecule has 0 fully saturated rings. The lowest BCUT2D eigenvalue weighted by Crippen LogP contribution is -2.31. The number of rotatable bonds is 1. The minimum absolute atomic E-state index is 0.0689. The molecule has 16 heavy (non-hydrogen) atoms. The third kappa shape index (κ3) is 1.69. The van der Waals surface area contributed by atoms with Crippen LogP contribution in [0, 0.1) is 0 Å². The van der Waals surface area contributed by atoms with E-state index in [1.54, 1.807) is 30.3 Å². The van der Waals surface area contributed by atoms with Gasteiger partial charge in [-0.2, -0.15) is 13.2 Å². The molecule has 0 amide bonds. The van der Waals surface area contributed by atoms with Gasteiger partial charge >= 0.3 is 5.71 Å². The first-order valence-electron chi connectivity index (χ1n) is 4.50. The van der Waals surface area contributed by atoms with Gasteiger partial charge in [0.05, 0.1) is 5.56 Å². The second kappa shape index (κ2) is 3.68. The van der Waals surface area contributed by atoms with Gasteiger partial charge in [-0.3, -0.25) is 4.55 Å². The van der Waals surface area contributed by atoms with E-state index in [1.165, 1.54) is 6.08 Å². The first-order chi connectivity index (χ1) is 7.54. The normalized spacial score (nSPS) is 19.1. The van der Waals surface area contributed by atoms with Crippen LogP contribution in [0.1, 0.15) is 11.1 Å². The molecule has 0 aliphatic heterocycles. The maximum Gasteiger partial charge on any atom is 0.324 e. The van der Waals surface area contributed by atoms with Crippen LogP contribution in [-0.4, -0.2) is 28.7 Å². The molecule has 0 heterocycles. The molecule has 1 aromatic carbocycles. The Bertz CT molecular complexity index is 613. The molecule has 1 N–H and O–H groups in total. The third-order valence-electron chi connectivity index (χ3n) is 2.39. The van der Waals surface area contributed by atoms with E-state index >= 15 is 0 Å². The van der Waals surface area contributed by atoms with Crippen LogP contribution in [0.15, 0.2) is 30.3 Å². The smallest absolute Gasteiger partial charge is 0.324 e. The molecule has 2 rings (SSSR count). The zero-order chi connectivity index (χ0) is 11.8. The zero-order valence-electron chi connectivity index (χ0n) is 8.11. The van der Waals surface area contributed by atoms with Gasteiger partial charge in [-0.25, -0.2) is 0 Å². The van der Waals surface area contributed by atoms with Gasteiger partial charge in [0.25, 0.3) is 10.1 Å². The van der Waals surface area contributed by atoms with Gasteiger partial charge < -0.3 is 5.53 Å². The van der Waals surface area contributed by atoms with Gasteiger partial charge in [0.15, 0.2) is 0 Å². The summed E-state index contributed by atoms with van der Waals surface area (Å²) in [7, 11) is -4.31. The van der Waals surface area contributed by atoms with Crippen LogP contribution < -0.4 is 0 Å². The van der Waals surface area contributed by atoms with Crippen LogP contribution in [0.2, 0.25) is 0 Å². The summed E-state index contributed by atoms with van der Waals surface area (Å²) in [5.41, 5.74) is 10.0. The minimum Gasteiger partial charge on any atom is -0.361 e. The Kier molecular flexibility index (Phi) is 2.47. The van der Waals surface area contributed by atoms with Crippen molar-refractivity contribution in [1.29, 1.82) is 0 Å². The standard InChI is InChI=1S/C10H8N2O3S/c11-12-10-8-4-2-1-3-7(8)5-6-9(10)16(13,14)15/h1-6,9H,(H,13,14,15). The summed E-state index contributed by atoms with van der Waals surface area (Å²) in [5, 5.41) is -1.31. The molecule has 0 aromatic heterocycles. The van der Waals surface area contributed by atoms with Crippen LogP contribution in [0.25, 0.3) is 11.6 Å². The Morgan fingerprint density at radius 3 is 2.62 bits per heavy atom. The monoisotopic (exact) mass is 236 g/mol. The van der Waals surface area contributed by atoms with Crippen LogP contribution in [0.4, 0.5) is 0 Å². The van der Waals surface area contributed by atoms with E-state index in [9.17, 15) is 8.42 Å². The summed E-state index contributed by atoms with van der Waals surface area (Å²) in [6.45, 7) is 0. The number of hydrogen-bond acceptors (Lipinski definition) is 2. The maximum atomic E-state index is 11.1. The lowest BCUT2D eigenvalue weighted by molar-refractivity contribution is -0.00590. The van der Waals surface area contributed by atoms with Crippen molar-refractivity contribution in [3.63, 3.8) is 0 Å². The topological polar surface area (TPSA) is 90.8 Å². The summed E-state index contributed by atoms with van der Waals surface area (Å²) in [5.74, 6) is 0. The van der Waals surface area contributed by atoms with Gasteiger partial charge in [-0.05, 0) is 11.6 Å². The molecule has 1 atom stereocenters. The largest absolute Gasteiger partial charge is 0.361 e. The van der Waals surface area contributed by atoms with Gasteiger partial charge in [0.2, 0.25) is 5.25 Å². The average Bonchev–Trinajstić information content (AvgIpc) is 2.26. The molecule has 5 nitrogen and oxygen atoms in total. The van der Waals surface area contributed by atoms with E-state index in [2.05, 4.69) is 4.79 Å². The second-order valence-electron chi connectivity index (χ2n) is 3.37. The SMILES string of the molecule is [N-]=[N+]=C1c2ccccc2C=CC1S(=O)(=O)O. The quantitative estimate of drug-likeness (QED) is 0.447. The van der Waals surface area contributed by atoms with Gasteiger partial charge in [0, 0.05) is 0 Å². The molecule has 0 saturated heterocycles. The summed E-state index contributed by atoms with van der Waals surface area (Å²) < 4.78 is 31.2. The molecule has 1 aromatic rings. The van der Waals surface area contributed by atoms with Crippen LogP contribution >= 0.6 is 0 Å². The van der Waals surface area contributed by atoms with Crippen molar-refractivity contribution < 1.29 is 17.8 Å². The van der Waals surface area contributed by atoms with Crippen molar-refractivity contribution in [3.05, 3.63) is 47.0 Å². The average molecular weight is 236 g/mol. The lowest BCUT2D eigenvalue weighted by atomic mass is 9.95. The molecule has 0 bridgehead atoms. The maximum absolute atomic E-state index is 11.1. The Labute approximate surface area is 92.4 Å². The first-order valence-corrected chi connectivity index (χ1v) is 6.00. The first kappa shape index (κ1) is 10.8. The molecule has 1 aliphatic rings. The highest BCUT2D eigenvalue weighted by Crippen LogP contribution is 2.21. The molecule has 0 spiro atoms. The molecule has 0 radical (unpaired) electrons. The van der Waals surface area contributed by atoms with E-state index in [0.29, 0.717) is 5.56 Å². The highest BCUT2D eigenvalue weighted by Gasteiger charge is 2.37. The minimum atomic E-state index is -4.31.